The molecule has 4 aromatic rings. The van der Waals surface area contributed by atoms with Crippen LogP contribution in [0.5, 0.6) is 5.75 Å². The van der Waals surface area contributed by atoms with Crippen molar-refractivity contribution in [2.45, 2.75) is 26.5 Å². The van der Waals surface area contributed by atoms with Crippen molar-refractivity contribution in [1.29, 1.82) is 0 Å². The first-order valence-electron chi connectivity index (χ1n) is 12.4. The fourth-order valence-electron chi connectivity index (χ4n) is 4.43. The van der Waals surface area contributed by atoms with Crippen molar-refractivity contribution in [1.82, 2.24) is 4.57 Å². The lowest BCUT2D eigenvalue weighted by molar-refractivity contribution is -0.139. The Morgan fingerprint density at radius 1 is 1.10 bits per heavy atom. The van der Waals surface area contributed by atoms with E-state index in [1.165, 1.54) is 23.5 Å². The molecule has 0 saturated carbocycles. The number of halogens is 3. The smallest absolute Gasteiger partial charge is 0.338 e. The quantitative estimate of drug-likeness (QED) is 0.223. The Labute approximate surface area is 250 Å². The van der Waals surface area contributed by atoms with Gasteiger partial charge in [0.25, 0.3) is 5.56 Å². The van der Waals surface area contributed by atoms with Gasteiger partial charge in [-0.1, -0.05) is 53.8 Å². The Hall–Kier alpha value is -3.34. The molecule has 40 heavy (non-hydrogen) atoms. The highest BCUT2D eigenvalue weighted by molar-refractivity contribution is 9.11. The molecule has 0 radical (unpaired) electrons. The summed E-state index contributed by atoms with van der Waals surface area (Å²) in [6.07, 6.45) is 1.79. The van der Waals surface area contributed by atoms with E-state index < -0.39 is 12.0 Å². The van der Waals surface area contributed by atoms with Crippen LogP contribution in [-0.4, -0.2) is 17.1 Å². The van der Waals surface area contributed by atoms with Crippen LogP contribution in [0.2, 0.25) is 0 Å². The summed E-state index contributed by atoms with van der Waals surface area (Å²) in [6, 6.07) is 18.6. The second-order valence-corrected chi connectivity index (χ2v) is 11.7. The molecule has 0 saturated heterocycles. The standard InChI is InChI=1S/C30H23Br2FN2O4S/c1-3-38-29(37)25-17(2)34-30-35(26(25)20-7-5-4-6-8-20)28(36)24(40-30)15-19-13-22(31)27(23(32)14-19)39-16-18-9-11-21(33)12-10-18/h4-15,26H,3,16H2,1-2H3/b24-15+. The van der Waals surface area contributed by atoms with Crippen LogP contribution in [0, 0.1) is 5.82 Å². The lowest BCUT2D eigenvalue weighted by atomic mass is 9.96. The van der Waals surface area contributed by atoms with Gasteiger partial charge in [-0.05, 0) is 92.7 Å². The number of fused-ring (bicyclic) bond motifs is 1. The van der Waals surface area contributed by atoms with Gasteiger partial charge in [0.05, 0.1) is 37.4 Å². The Bertz CT molecular complexity index is 1780. The normalized spacial score (nSPS) is 15.0. The van der Waals surface area contributed by atoms with E-state index in [-0.39, 0.29) is 24.6 Å². The van der Waals surface area contributed by atoms with Gasteiger partial charge in [0.15, 0.2) is 4.80 Å². The van der Waals surface area contributed by atoms with Gasteiger partial charge in [-0.2, -0.15) is 0 Å². The highest BCUT2D eigenvalue weighted by atomic mass is 79.9. The monoisotopic (exact) mass is 684 g/mol. The molecule has 1 aliphatic heterocycles. The van der Waals surface area contributed by atoms with Crippen molar-refractivity contribution in [3.63, 3.8) is 0 Å². The van der Waals surface area contributed by atoms with Crippen LogP contribution in [-0.2, 0) is 16.1 Å². The first-order valence-corrected chi connectivity index (χ1v) is 14.8. The average Bonchev–Trinajstić information content (AvgIpc) is 3.23. The summed E-state index contributed by atoms with van der Waals surface area (Å²) in [5.74, 6) is -0.208. The third kappa shape index (κ3) is 5.75. The summed E-state index contributed by atoms with van der Waals surface area (Å²) in [6.45, 7) is 3.99. The summed E-state index contributed by atoms with van der Waals surface area (Å²) < 4.78 is 27.9. The number of esters is 1. The Balaban J connectivity index is 1.54. The van der Waals surface area contributed by atoms with Crippen molar-refractivity contribution >= 4 is 55.2 Å². The molecule has 204 valence electrons. The van der Waals surface area contributed by atoms with Crippen molar-refractivity contribution in [2.24, 2.45) is 4.99 Å². The minimum atomic E-state index is -0.653. The number of aromatic nitrogens is 1. The zero-order chi connectivity index (χ0) is 28.4. The molecule has 1 aliphatic rings. The molecule has 0 N–H and O–H groups in total. The van der Waals surface area contributed by atoms with Crippen molar-refractivity contribution in [3.05, 3.63) is 129 Å². The first kappa shape index (κ1) is 28.2. The number of carbonyl (C=O) groups is 1. The van der Waals surface area contributed by atoms with Gasteiger partial charge in [-0.3, -0.25) is 9.36 Å². The summed E-state index contributed by atoms with van der Waals surface area (Å²) in [5.41, 5.74) is 3.00. The fraction of sp³-hybridized carbons (Fsp3) is 0.167. The number of hydrogen-bond donors (Lipinski definition) is 0. The SMILES string of the molecule is CCOC(=O)C1=C(C)N=c2s/c(=C/c3cc(Br)c(OCc4ccc(F)cc4)c(Br)c3)c(=O)n2C1c1ccccc1. The van der Waals surface area contributed by atoms with Gasteiger partial charge in [-0.25, -0.2) is 14.2 Å². The van der Waals surface area contributed by atoms with E-state index in [9.17, 15) is 14.0 Å². The molecular formula is C30H23Br2FN2O4S. The van der Waals surface area contributed by atoms with E-state index in [0.717, 1.165) is 16.7 Å². The van der Waals surface area contributed by atoms with Gasteiger partial charge in [0.2, 0.25) is 0 Å². The molecule has 0 amide bonds. The number of benzene rings is 3. The molecule has 0 bridgehead atoms. The first-order chi connectivity index (χ1) is 19.3. The molecule has 0 aliphatic carbocycles. The van der Waals surface area contributed by atoms with Crippen LogP contribution < -0.4 is 19.6 Å². The van der Waals surface area contributed by atoms with E-state index in [1.54, 1.807) is 36.6 Å². The maximum atomic E-state index is 13.8. The molecule has 5 rings (SSSR count). The third-order valence-corrected chi connectivity index (χ3v) is 8.41. The number of nitrogens with zero attached hydrogens (tertiary/aromatic N) is 2. The maximum Gasteiger partial charge on any atom is 0.338 e. The Kier molecular flexibility index (Phi) is 8.48. The number of carbonyl (C=O) groups excluding carboxylic acids is 1. The van der Waals surface area contributed by atoms with Crippen LogP contribution in [0.15, 0.2) is 96.7 Å². The number of rotatable bonds is 7. The zero-order valence-corrected chi connectivity index (χ0v) is 25.5. The summed E-state index contributed by atoms with van der Waals surface area (Å²) in [4.78, 5) is 31.9. The minimum absolute atomic E-state index is 0.217. The lowest BCUT2D eigenvalue weighted by Gasteiger charge is -2.24. The molecule has 3 aromatic carbocycles. The molecule has 0 spiro atoms. The average molecular weight is 686 g/mol. The van der Waals surface area contributed by atoms with Crippen LogP contribution in [0.25, 0.3) is 6.08 Å². The second kappa shape index (κ2) is 12.0. The Morgan fingerprint density at radius 2 is 1.77 bits per heavy atom. The fourth-order valence-corrected chi connectivity index (χ4v) is 6.93. The van der Waals surface area contributed by atoms with Crippen molar-refractivity contribution in [3.8, 4) is 5.75 Å². The van der Waals surface area contributed by atoms with Gasteiger partial charge in [0, 0.05) is 0 Å². The minimum Gasteiger partial charge on any atom is -0.487 e. The van der Waals surface area contributed by atoms with Crippen LogP contribution >= 0.6 is 43.2 Å². The van der Waals surface area contributed by atoms with Crippen LogP contribution in [0.1, 0.15) is 36.6 Å². The Morgan fingerprint density at radius 3 is 2.42 bits per heavy atom. The van der Waals surface area contributed by atoms with E-state index in [1.807, 2.05) is 42.5 Å². The topological polar surface area (TPSA) is 69.9 Å². The van der Waals surface area contributed by atoms with E-state index in [4.69, 9.17) is 9.47 Å². The summed E-state index contributed by atoms with van der Waals surface area (Å²) >= 11 is 8.39. The van der Waals surface area contributed by atoms with E-state index >= 15 is 0 Å². The zero-order valence-electron chi connectivity index (χ0n) is 21.5. The van der Waals surface area contributed by atoms with E-state index in [0.29, 0.717) is 35.3 Å². The van der Waals surface area contributed by atoms with Gasteiger partial charge >= 0.3 is 5.97 Å². The molecule has 1 unspecified atom stereocenters. The molecule has 2 heterocycles. The summed E-state index contributed by atoms with van der Waals surface area (Å²) in [5, 5.41) is 0. The van der Waals surface area contributed by atoms with Gasteiger partial charge in [0.1, 0.15) is 18.2 Å². The number of allylic oxidation sites excluding steroid dienone is 1. The largest absolute Gasteiger partial charge is 0.487 e. The number of ether oxygens (including phenoxy) is 2. The molecular weight excluding hydrogens is 663 g/mol. The molecule has 0 fully saturated rings. The highest BCUT2D eigenvalue weighted by Gasteiger charge is 2.33. The van der Waals surface area contributed by atoms with Crippen LogP contribution in [0.4, 0.5) is 4.39 Å². The summed E-state index contributed by atoms with van der Waals surface area (Å²) in [7, 11) is 0. The predicted octanol–water partition coefficient (Wildman–Crippen LogP) is 6.04. The lowest BCUT2D eigenvalue weighted by Crippen LogP contribution is -2.39. The van der Waals surface area contributed by atoms with Gasteiger partial charge in [-0.15, -0.1) is 0 Å². The molecule has 6 nitrogen and oxygen atoms in total. The van der Waals surface area contributed by atoms with Crippen molar-refractivity contribution < 1.29 is 18.7 Å². The maximum absolute atomic E-state index is 13.8. The van der Waals surface area contributed by atoms with Crippen LogP contribution in [0.3, 0.4) is 0 Å². The third-order valence-electron chi connectivity index (χ3n) is 6.25. The second-order valence-electron chi connectivity index (χ2n) is 8.94. The molecule has 10 heteroatoms. The van der Waals surface area contributed by atoms with Gasteiger partial charge < -0.3 is 9.47 Å². The molecule has 1 atom stereocenters. The molecule has 1 aromatic heterocycles. The van der Waals surface area contributed by atoms with Crippen molar-refractivity contribution in [2.75, 3.05) is 6.61 Å². The predicted molar refractivity (Wildman–Crippen MR) is 159 cm³/mol. The number of thiazole rings is 1. The highest BCUT2D eigenvalue weighted by Crippen LogP contribution is 2.36. The van der Waals surface area contributed by atoms with E-state index in [2.05, 4.69) is 36.9 Å². The number of hydrogen-bond acceptors (Lipinski definition) is 6.